The third kappa shape index (κ3) is 6.76. The van der Waals surface area contributed by atoms with Gasteiger partial charge in [-0.1, -0.05) is 6.07 Å². The molecule has 0 aliphatic carbocycles. The van der Waals surface area contributed by atoms with Crippen LogP contribution in [0.15, 0.2) is 48.8 Å². The van der Waals surface area contributed by atoms with E-state index in [-0.39, 0.29) is 56.9 Å². The molecule has 0 radical (unpaired) electrons. The van der Waals surface area contributed by atoms with Crippen LogP contribution < -0.4 is 29.6 Å². The van der Waals surface area contributed by atoms with Gasteiger partial charge in [0.05, 0.1) is 26.8 Å². The summed E-state index contributed by atoms with van der Waals surface area (Å²) < 4.78 is 24.9. The molecule has 12 heteroatoms. The van der Waals surface area contributed by atoms with E-state index in [4.69, 9.17) is 18.9 Å². The van der Waals surface area contributed by atoms with Crippen molar-refractivity contribution in [2.75, 3.05) is 33.9 Å². The van der Waals surface area contributed by atoms with Crippen LogP contribution in [-0.4, -0.2) is 78.2 Å². The first kappa shape index (κ1) is 28.8. The van der Waals surface area contributed by atoms with Crippen LogP contribution >= 0.6 is 0 Å². The summed E-state index contributed by atoms with van der Waals surface area (Å²) in [5, 5.41) is 5.93. The normalized spacial score (nSPS) is 19.3. The van der Waals surface area contributed by atoms with Gasteiger partial charge in [-0.05, 0) is 43.2 Å². The number of nitrogens with one attached hydrogen (secondary N) is 2. The van der Waals surface area contributed by atoms with E-state index in [1.54, 1.807) is 53.2 Å². The zero-order valence-corrected chi connectivity index (χ0v) is 23.9. The van der Waals surface area contributed by atoms with E-state index in [1.165, 1.54) is 7.11 Å². The van der Waals surface area contributed by atoms with Gasteiger partial charge in [-0.25, -0.2) is 4.98 Å². The van der Waals surface area contributed by atoms with Gasteiger partial charge in [0.1, 0.15) is 30.0 Å². The van der Waals surface area contributed by atoms with Crippen LogP contribution in [0.2, 0.25) is 0 Å². The number of carbonyl (C=O) groups excluding carboxylic acids is 3. The van der Waals surface area contributed by atoms with Crippen molar-refractivity contribution in [1.82, 2.24) is 25.1 Å². The van der Waals surface area contributed by atoms with Gasteiger partial charge >= 0.3 is 0 Å². The number of carbonyl (C=O) groups is 3. The first-order chi connectivity index (χ1) is 20.3. The lowest BCUT2D eigenvalue weighted by Crippen LogP contribution is -2.47. The number of ether oxygens (including phenoxy) is 4. The Morgan fingerprint density at radius 3 is 2.64 bits per heavy atom. The SMILES string of the molecule is COc1cc2ccc1CNC(=O)CCc1ccc(c(OC)c1)OCC(=O)N[C@@H]1CN(C(=O)Cn3ccnc3C)C[C@H]1O2. The molecule has 3 aromatic rings. The van der Waals surface area contributed by atoms with Crippen molar-refractivity contribution in [2.45, 2.75) is 45.0 Å². The molecule has 2 N–H and O–H groups in total. The van der Waals surface area contributed by atoms with Crippen LogP contribution in [0, 0.1) is 6.92 Å². The molecule has 1 saturated heterocycles. The molecule has 8 rings (SSSR count). The van der Waals surface area contributed by atoms with E-state index < -0.39 is 12.1 Å². The maximum atomic E-state index is 13.2. The fourth-order valence-corrected chi connectivity index (χ4v) is 5.09. The maximum absolute atomic E-state index is 13.2. The van der Waals surface area contributed by atoms with E-state index in [1.807, 2.05) is 19.1 Å². The van der Waals surface area contributed by atoms with Crippen LogP contribution in [-0.2, 0) is 33.9 Å². The number of nitrogens with zero attached hydrogens (tertiary/aromatic N) is 3. The number of aromatic nitrogens is 2. The molecule has 2 atom stereocenters. The summed E-state index contributed by atoms with van der Waals surface area (Å²) in [7, 11) is 3.07. The third-order valence-electron chi connectivity index (χ3n) is 7.44. The van der Waals surface area contributed by atoms with Crippen molar-refractivity contribution in [3.63, 3.8) is 0 Å². The molecule has 222 valence electrons. The molecule has 2 aromatic carbocycles. The zero-order valence-electron chi connectivity index (χ0n) is 23.9. The highest BCUT2D eigenvalue weighted by Crippen LogP contribution is 2.30. The molecule has 5 aliphatic heterocycles. The van der Waals surface area contributed by atoms with E-state index in [9.17, 15) is 14.4 Å². The summed E-state index contributed by atoms with van der Waals surface area (Å²) in [6.07, 6.45) is 3.67. The molecule has 42 heavy (non-hydrogen) atoms. The molecule has 1 fully saturated rings. The number of hydrogen-bond acceptors (Lipinski definition) is 8. The number of aryl methyl sites for hydroxylation is 2. The lowest BCUT2D eigenvalue weighted by atomic mass is 10.1. The first-order valence-corrected chi connectivity index (χ1v) is 13.8. The highest BCUT2D eigenvalue weighted by Gasteiger charge is 2.38. The second kappa shape index (κ2) is 12.8. The summed E-state index contributed by atoms with van der Waals surface area (Å²) in [6.45, 7) is 2.53. The molecule has 3 amide bonds. The standard InChI is InChI=1S/C30H35N5O7/c1-19-31-10-11-34(19)17-30(38)35-15-23-27(16-35)42-22-7-6-21(25(13-22)39-2)14-32-28(36)9-5-20-4-8-24(26(12-20)40-3)41-18-29(37)33-23/h4,6-8,10-13,23,27H,5,9,14-18H2,1-3H3,(H,32,36)(H,33,37)/t23-,27-/m1/s1. The molecular formula is C30H35N5O7. The molecule has 4 bridgehead atoms. The summed E-state index contributed by atoms with van der Waals surface area (Å²) in [5.74, 6) is 2.10. The fourth-order valence-electron chi connectivity index (χ4n) is 5.09. The van der Waals surface area contributed by atoms with Gasteiger partial charge in [0.2, 0.25) is 11.8 Å². The Labute approximate surface area is 243 Å². The second-order valence-corrected chi connectivity index (χ2v) is 10.3. The number of likely N-dealkylation sites (tertiary alicyclic amines) is 1. The van der Waals surface area contributed by atoms with E-state index in [0.717, 1.165) is 17.0 Å². The van der Waals surface area contributed by atoms with Crippen molar-refractivity contribution in [3.05, 3.63) is 65.7 Å². The number of hydrogen-bond donors (Lipinski definition) is 2. The molecule has 6 heterocycles. The Morgan fingerprint density at radius 1 is 1.05 bits per heavy atom. The third-order valence-corrected chi connectivity index (χ3v) is 7.44. The average Bonchev–Trinajstić information content (AvgIpc) is 3.58. The van der Waals surface area contributed by atoms with Gasteiger partial charge in [-0.3, -0.25) is 14.4 Å². The highest BCUT2D eigenvalue weighted by atomic mass is 16.5. The number of imidazole rings is 1. The smallest absolute Gasteiger partial charge is 0.258 e. The van der Waals surface area contributed by atoms with Crippen LogP contribution in [0.1, 0.15) is 23.4 Å². The Bertz CT molecular complexity index is 1460. The van der Waals surface area contributed by atoms with Crippen LogP contribution in [0.25, 0.3) is 0 Å². The molecule has 1 aromatic heterocycles. The summed E-state index contributed by atoms with van der Waals surface area (Å²) >= 11 is 0. The lowest BCUT2D eigenvalue weighted by Gasteiger charge is -2.22. The van der Waals surface area contributed by atoms with E-state index >= 15 is 0 Å². The number of rotatable bonds is 4. The largest absolute Gasteiger partial charge is 0.496 e. The highest BCUT2D eigenvalue weighted by molar-refractivity contribution is 5.79. The minimum Gasteiger partial charge on any atom is -0.496 e. The monoisotopic (exact) mass is 577 g/mol. The van der Waals surface area contributed by atoms with Gasteiger partial charge in [0, 0.05) is 43.5 Å². The number of methoxy groups -OCH3 is 2. The van der Waals surface area contributed by atoms with Gasteiger partial charge in [-0.15, -0.1) is 0 Å². The van der Waals surface area contributed by atoms with Crippen molar-refractivity contribution in [3.8, 4) is 23.0 Å². The molecule has 0 spiro atoms. The minimum atomic E-state index is -0.531. The average molecular weight is 578 g/mol. The quantitative estimate of drug-likeness (QED) is 0.478. The van der Waals surface area contributed by atoms with E-state index in [2.05, 4.69) is 15.6 Å². The molecular weight excluding hydrogens is 542 g/mol. The maximum Gasteiger partial charge on any atom is 0.258 e. The predicted octanol–water partition coefficient (Wildman–Crippen LogP) is 1.62. The molecule has 0 saturated carbocycles. The Kier molecular flexibility index (Phi) is 8.80. The van der Waals surface area contributed by atoms with Crippen molar-refractivity contribution >= 4 is 17.7 Å². The Balaban J connectivity index is 1.40. The van der Waals surface area contributed by atoms with Crippen LogP contribution in [0.3, 0.4) is 0 Å². The first-order valence-electron chi connectivity index (χ1n) is 13.8. The zero-order chi connectivity index (χ0) is 29.6. The Hall–Kier alpha value is -4.74. The van der Waals surface area contributed by atoms with Crippen LogP contribution in [0.5, 0.6) is 23.0 Å². The lowest BCUT2D eigenvalue weighted by molar-refractivity contribution is -0.131. The van der Waals surface area contributed by atoms with Gasteiger partial charge in [0.15, 0.2) is 18.1 Å². The van der Waals surface area contributed by atoms with Crippen LogP contribution in [0.4, 0.5) is 0 Å². The topological polar surface area (TPSA) is 133 Å². The van der Waals surface area contributed by atoms with Gasteiger partial charge < -0.3 is 39.0 Å². The van der Waals surface area contributed by atoms with E-state index in [0.29, 0.717) is 29.4 Å². The predicted molar refractivity (Wildman–Crippen MR) is 152 cm³/mol. The summed E-state index contributed by atoms with van der Waals surface area (Å²) in [6, 6.07) is 10.2. The second-order valence-electron chi connectivity index (χ2n) is 10.3. The van der Waals surface area contributed by atoms with Gasteiger partial charge in [-0.2, -0.15) is 0 Å². The van der Waals surface area contributed by atoms with Gasteiger partial charge in [0.25, 0.3) is 5.91 Å². The Morgan fingerprint density at radius 2 is 1.88 bits per heavy atom. The minimum absolute atomic E-state index is 0.104. The van der Waals surface area contributed by atoms with Crippen molar-refractivity contribution in [2.24, 2.45) is 0 Å². The number of amides is 3. The van der Waals surface area contributed by atoms with Crippen molar-refractivity contribution in [1.29, 1.82) is 0 Å². The molecule has 0 unspecified atom stereocenters. The summed E-state index contributed by atoms with van der Waals surface area (Å²) in [4.78, 5) is 44.7. The molecule has 12 nitrogen and oxygen atoms in total. The van der Waals surface area contributed by atoms with Crippen molar-refractivity contribution < 1.29 is 33.3 Å². The summed E-state index contributed by atoms with van der Waals surface area (Å²) in [5.41, 5.74) is 1.69. The number of benzene rings is 2. The molecule has 5 aliphatic rings. The fraction of sp³-hybridized carbons (Fsp3) is 0.400.